The van der Waals surface area contributed by atoms with E-state index in [1.807, 2.05) is 39.0 Å². The first kappa shape index (κ1) is 14.8. The highest BCUT2D eigenvalue weighted by atomic mass is 79.9. The summed E-state index contributed by atoms with van der Waals surface area (Å²) < 4.78 is 0.907. The quantitative estimate of drug-likeness (QED) is 0.900. The van der Waals surface area contributed by atoms with E-state index in [1.165, 1.54) is 0 Å². The van der Waals surface area contributed by atoms with Crippen LogP contribution in [0, 0.1) is 13.8 Å². The van der Waals surface area contributed by atoms with E-state index >= 15 is 0 Å². The predicted molar refractivity (Wildman–Crippen MR) is 82.8 cm³/mol. The van der Waals surface area contributed by atoms with Crippen molar-refractivity contribution in [3.05, 3.63) is 51.0 Å². The van der Waals surface area contributed by atoms with Crippen LogP contribution in [0.5, 0.6) is 0 Å². The number of carbonyl (C=O) groups is 1. The first-order valence-electron chi connectivity index (χ1n) is 6.60. The largest absolute Gasteiger partial charge is 0.345 e. The second-order valence-electron chi connectivity index (χ2n) is 4.73. The Morgan fingerprint density at radius 1 is 1.40 bits per heavy atom. The van der Waals surface area contributed by atoms with Gasteiger partial charge in [-0.3, -0.25) is 4.79 Å². The van der Waals surface area contributed by atoms with Crippen LogP contribution in [0.25, 0.3) is 0 Å². The SMILES string of the molecule is CCc1ccc(Br)cc1C(=O)NCc1nc(C)c(C)[nH]1. The van der Waals surface area contributed by atoms with Crippen molar-refractivity contribution in [3.8, 4) is 0 Å². The molecule has 0 aliphatic carbocycles. The van der Waals surface area contributed by atoms with Crippen LogP contribution in [0.3, 0.4) is 0 Å². The molecule has 2 aromatic rings. The van der Waals surface area contributed by atoms with Gasteiger partial charge in [-0.25, -0.2) is 4.98 Å². The van der Waals surface area contributed by atoms with E-state index in [2.05, 4.69) is 31.2 Å². The smallest absolute Gasteiger partial charge is 0.251 e. The first-order valence-corrected chi connectivity index (χ1v) is 7.39. The van der Waals surface area contributed by atoms with Crippen LogP contribution >= 0.6 is 15.9 Å². The van der Waals surface area contributed by atoms with E-state index in [-0.39, 0.29) is 5.91 Å². The van der Waals surface area contributed by atoms with E-state index in [4.69, 9.17) is 0 Å². The molecule has 5 heteroatoms. The Morgan fingerprint density at radius 3 is 2.75 bits per heavy atom. The van der Waals surface area contributed by atoms with Crippen LogP contribution in [0.1, 0.15) is 40.1 Å². The summed E-state index contributed by atoms with van der Waals surface area (Å²) in [6.07, 6.45) is 0.828. The Balaban J connectivity index is 2.10. The highest BCUT2D eigenvalue weighted by Gasteiger charge is 2.11. The number of halogens is 1. The Bertz CT molecular complexity index is 615. The number of amides is 1. The average Bonchev–Trinajstić information content (AvgIpc) is 2.75. The van der Waals surface area contributed by atoms with Crippen molar-refractivity contribution in [1.82, 2.24) is 15.3 Å². The number of benzene rings is 1. The molecule has 0 aliphatic heterocycles. The lowest BCUT2D eigenvalue weighted by Gasteiger charge is -2.08. The van der Waals surface area contributed by atoms with Gasteiger partial charge in [0.1, 0.15) is 5.82 Å². The fourth-order valence-corrected chi connectivity index (χ4v) is 2.39. The van der Waals surface area contributed by atoms with Crippen LogP contribution in [0.15, 0.2) is 22.7 Å². The molecule has 1 aromatic carbocycles. The molecule has 20 heavy (non-hydrogen) atoms. The maximum atomic E-state index is 12.3. The Kier molecular flexibility index (Phi) is 4.60. The van der Waals surface area contributed by atoms with E-state index in [1.54, 1.807) is 0 Å². The Morgan fingerprint density at radius 2 is 2.15 bits per heavy atom. The van der Waals surface area contributed by atoms with Crippen LogP contribution in [0.2, 0.25) is 0 Å². The molecule has 0 fully saturated rings. The van der Waals surface area contributed by atoms with Gasteiger partial charge in [-0.15, -0.1) is 0 Å². The van der Waals surface area contributed by atoms with Gasteiger partial charge in [0.25, 0.3) is 5.91 Å². The molecule has 0 atom stereocenters. The van der Waals surface area contributed by atoms with Crippen LogP contribution in [-0.2, 0) is 13.0 Å². The van der Waals surface area contributed by atoms with Gasteiger partial charge in [-0.1, -0.05) is 28.9 Å². The number of hydrogen-bond acceptors (Lipinski definition) is 2. The van der Waals surface area contributed by atoms with Crippen molar-refractivity contribution in [2.45, 2.75) is 33.7 Å². The van der Waals surface area contributed by atoms with Crippen molar-refractivity contribution in [1.29, 1.82) is 0 Å². The number of nitrogens with zero attached hydrogens (tertiary/aromatic N) is 1. The number of rotatable bonds is 4. The van der Waals surface area contributed by atoms with Crippen molar-refractivity contribution < 1.29 is 4.79 Å². The highest BCUT2D eigenvalue weighted by Crippen LogP contribution is 2.17. The fourth-order valence-electron chi connectivity index (χ4n) is 2.03. The third kappa shape index (κ3) is 3.28. The minimum absolute atomic E-state index is 0.0742. The molecule has 1 heterocycles. The number of aromatic nitrogens is 2. The molecule has 0 bridgehead atoms. The minimum atomic E-state index is -0.0742. The van der Waals surface area contributed by atoms with Crippen molar-refractivity contribution in [3.63, 3.8) is 0 Å². The minimum Gasteiger partial charge on any atom is -0.345 e. The van der Waals surface area contributed by atoms with Gasteiger partial charge in [0.15, 0.2) is 0 Å². The van der Waals surface area contributed by atoms with Gasteiger partial charge < -0.3 is 10.3 Å². The van der Waals surface area contributed by atoms with Crippen molar-refractivity contribution in [2.24, 2.45) is 0 Å². The zero-order valence-electron chi connectivity index (χ0n) is 11.9. The summed E-state index contributed by atoms with van der Waals surface area (Å²) >= 11 is 3.40. The van der Waals surface area contributed by atoms with Crippen LogP contribution in [0.4, 0.5) is 0 Å². The molecule has 0 aliphatic rings. The van der Waals surface area contributed by atoms with E-state index in [0.29, 0.717) is 12.1 Å². The lowest BCUT2D eigenvalue weighted by atomic mass is 10.0. The standard InChI is InChI=1S/C15H18BrN3O/c1-4-11-5-6-12(16)7-13(11)15(20)17-8-14-18-9(2)10(3)19-14/h5-7H,4,8H2,1-3H3,(H,17,20)(H,18,19). The number of carbonyl (C=O) groups excluding carboxylic acids is 1. The number of H-pyrrole nitrogens is 1. The molecule has 106 valence electrons. The highest BCUT2D eigenvalue weighted by molar-refractivity contribution is 9.10. The maximum Gasteiger partial charge on any atom is 0.251 e. The second kappa shape index (κ2) is 6.22. The van der Waals surface area contributed by atoms with Gasteiger partial charge in [0.05, 0.1) is 12.2 Å². The lowest BCUT2D eigenvalue weighted by Crippen LogP contribution is -2.24. The average molecular weight is 336 g/mol. The summed E-state index contributed by atoms with van der Waals surface area (Å²) in [7, 11) is 0. The van der Waals surface area contributed by atoms with Gasteiger partial charge in [0.2, 0.25) is 0 Å². The second-order valence-corrected chi connectivity index (χ2v) is 5.65. The summed E-state index contributed by atoms with van der Waals surface area (Å²) in [6, 6.07) is 5.78. The van der Waals surface area contributed by atoms with Gasteiger partial charge in [0, 0.05) is 15.7 Å². The first-order chi connectivity index (χ1) is 9.51. The van der Waals surface area contributed by atoms with Crippen LogP contribution < -0.4 is 5.32 Å². The van der Waals surface area contributed by atoms with Gasteiger partial charge in [-0.05, 0) is 38.0 Å². The summed E-state index contributed by atoms with van der Waals surface area (Å²) in [4.78, 5) is 19.8. The Labute approximate surface area is 127 Å². The number of aromatic amines is 1. The number of imidazole rings is 1. The molecule has 1 aromatic heterocycles. The van der Waals surface area contributed by atoms with E-state index < -0.39 is 0 Å². The molecule has 0 saturated carbocycles. The zero-order chi connectivity index (χ0) is 14.7. The monoisotopic (exact) mass is 335 g/mol. The molecule has 0 saturated heterocycles. The third-order valence-electron chi connectivity index (χ3n) is 3.29. The van der Waals surface area contributed by atoms with Gasteiger partial charge >= 0.3 is 0 Å². The predicted octanol–water partition coefficient (Wildman–Crippen LogP) is 3.28. The van der Waals surface area contributed by atoms with E-state index in [9.17, 15) is 4.79 Å². The van der Waals surface area contributed by atoms with Crippen molar-refractivity contribution >= 4 is 21.8 Å². The fraction of sp³-hybridized carbons (Fsp3) is 0.333. The summed E-state index contributed by atoms with van der Waals surface area (Å²) in [5, 5.41) is 2.90. The molecule has 1 amide bonds. The lowest BCUT2D eigenvalue weighted by molar-refractivity contribution is 0.0949. The molecule has 0 radical (unpaired) electrons. The summed E-state index contributed by atoms with van der Waals surface area (Å²) in [5.74, 6) is 0.705. The molecule has 0 spiro atoms. The maximum absolute atomic E-state index is 12.3. The van der Waals surface area contributed by atoms with Gasteiger partial charge in [-0.2, -0.15) is 0 Å². The number of aryl methyl sites for hydroxylation is 3. The number of hydrogen-bond donors (Lipinski definition) is 2. The van der Waals surface area contributed by atoms with Crippen molar-refractivity contribution in [2.75, 3.05) is 0 Å². The normalized spacial score (nSPS) is 10.6. The molecule has 2 N–H and O–H groups in total. The summed E-state index contributed by atoms with van der Waals surface area (Å²) in [6.45, 7) is 6.36. The molecular formula is C15H18BrN3O. The molecule has 4 nitrogen and oxygen atoms in total. The summed E-state index contributed by atoms with van der Waals surface area (Å²) in [5.41, 5.74) is 3.75. The van der Waals surface area contributed by atoms with Crippen LogP contribution in [-0.4, -0.2) is 15.9 Å². The Hall–Kier alpha value is -1.62. The molecule has 2 rings (SSSR count). The van der Waals surface area contributed by atoms with E-state index in [0.717, 1.165) is 33.7 Å². The topological polar surface area (TPSA) is 57.8 Å². The molecule has 0 unspecified atom stereocenters. The third-order valence-corrected chi connectivity index (χ3v) is 3.78. The molecular weight excluding hydrogens is 318 g/mol. The zero-order valence-corrected chi connectivity index (χ0v) is 13.5. The number of nitrogens with one attached hydrogen (secondary N) is 2.